The Balaban J connectivity index is 1.46. The Labute approximate surface area is 177 Å². The van der Waals surface area contributed by atoms with Crippen LogP contribution in [0, 0.1) is 0 Å². The average molecular weight is 408 g/mol. The van der Waals surface area contributed by atoms with Gasteiger partial charge in [0.15, 0.2) is 0 Å². The highest BCUT2D eigenvalue weighted by molar-refractivity contribution is 6.30. The highest BCUT2D eigenvalue weighted by atomic mass is 35.5. The van der Waals surface area contributed by atoms with Crippen LogP contribution in [0.15, 0.2) is 60.2 Å². The monoisotopic (exact) mass is 407 g/mol. The fraction of sp³-hybridized carbons (Fsp3) is 0.320. The summed E-state index contributed by atoms with van der Waals surface area (Å²) in [6.45, 7) is 3.00. The van der Waals surface area contributed by atoms with Crippen LogP contribution in [0.3, 0.4) is 0 Å². The lowest BCUT2D eigenvalue weighted by atomic mass is 9.87. The second-order valence-corrected chi connectivity index (χ2v) is 8.33. The Hall–Kier alpha value is -2.36. The molecule has 2 aromatic rings. The molecular formula is C25H26ClNO2. The van der Waals surface area contributed by atoms with E-state index in [1.807, 2.05) is 24.3 Å². The van der Waals surface area contributed by atoms with E-state index in [2.05, 4.69) is 23.1 Å². The molecule has 29 heavy (non-hydrogen) atoms. The van der Waals surface area contributed by atoms with E-state index in [9.17, 15) is 4.79 Å². The Morgan fingerprint density at radius 1 is 0.931 bits per heavy atom. The topological polar surface area (TPSA) is 40.5 Å². The minimum Gasteiger partial charge on any atom is -0.478 e. The van der Waals surface area contributed by atoms with Gasteiger partial charge >= 0.3 is 5.97 Å². The van der Waals surface area contributed by atoms with Gasteiger partial charge in [0.2, 0.25) is 0 Å². The van der Waals surface area contributed by atoms with Gasteiger partial charge in [-0.25, -0.2) is 4.79 Å². The van der Waals surface area contributed by atoms with Crippen LogP contribution >= 0.6 is 11.6 Å². The van der Waals surface area contributed by atoms with Gasteiger partial charge in [-0.3, -0.25) is 4.90 Å². The summed E-state index contributed by atoms with van der Waals surface area (Å²) < 4.78 is 0. The summed E-state index contributed by atoms with van der Waals surface area (Å²) in [5.74, 6) is -0.877. The van der Waals surface area contributed by atoms with E-state index in [0.29, 0.717) is 5.56 Å². The van der Waals surface area contributed by atoms with Gasteiger partial charge in [-0.1, -0.05) is 47.5 Å². The van der Waals surface area contributed by atoms with Crippen molar-refractivity contribution in [3.05, 3.63) is 81.9 Å². The van der Waals surface area contributed by atoms with E-state index < -0.39 is 5.97 Å². The zero-order valence-electron chi connectivity index (χ0n) is 16.5. The molecule has 0 fully saturated rings. The van der Waals surface area contributed by atoms with Crippen molar-refractivity contribution < 1.29 is 9.90 Å². The number of allylic oxidation sites excluding steroid dienone is 1. The molecular weight excluding hydrogens is 382 g/mol. The van der Waals surface area contributed by atoms with Gasteiger partial charge in [0.25, 0.3) is 0 Å². The fourth-order valence-corrected chi connectivity index (χ4v) is 4.48. The number of aromatic carboxylic acids is 1. The molecule has 1 N–H and O–H groups in total. The first-order valence-corrected chi connectivity index (χ1v) is 10.7. The van der Waals surface area contributed by atoms with Gasteiger partial charge in [-0.15, -0.1) is 0 Å². The van der Waals surface area contributed by atoms with Gasteiger partial charge < -0.3 is 5.11 Å². The zero-order chi connectivity index (χ0) is 20.2. The quantitative estimate of drug-likeness (QED) is 0.645. The van der Waals surface area contributed by atoms with Crippen molar-refractivity contribution in [1.29, 1.82) is 0 Å². The average Bonchev–Trinajstić information content (AvgIpc) is 2.75. The Morgan fingerprint density at radius 2 is 1.62 bits per heavy atom. The molecule has 4 rings (SSSR count). The maximum atomic E-state index is 11.0. The van der Waals surface area contributed by atoms with Crippen LogP contribution in [0.5, 0.6) is 0 Å². The summed E-state index contributed by atoms with van der Waals surface area (Å²) in [7, 11) is 0. The van der Waals surface area contributed by atoms with Crippen LogP contribution in [0.2, 0.25) is 5.02 Å². The molecule has 0 radical (unpaired) electrons. The Bertz CT molecular complexity index is 942. The molecule has 1 heterocycles. The predicted octanol–water partition coefficient (Wildman–Crippen LogP) is 6.16. The molecule has 150 valence electrons. The van der Waals surface area contributed by atoms with Crippen LogP contribution in [0.4, 0.5) is 0 Å². The van der Waals surface area contributed by atoms with E-state index in [4.69, 9.17) is 16.7 Å². The fourth-order valence-electron chi connectivity index (χ4n) is 4.36. The van der Waals surface area contributed by atoms with E-state index in [0.717, 1.165) is 43.1 Å². The van der Waals surface area contributed by atoms with Crippen LogP contribution < -0.4 is 0 Å². The first-order valence-electron chi connectivity index (χ1n) is 10.3. The van der Waals surface area contributed by atoms with E-state index in [1.165, 1.54) is 36.0 Å². The van der Waals surface area contributed by atoms with Crippen molar-refractivity contribution in [3.8, 4) is 0 Å². The lowest BCUT2D eigenvalue weighted by Gasteiger charge is -2.30. The number of nitrogens with zero attached hydrogens (tertiary/aromatic N) is 1. The molecule has 1 aliphatic carbocycles. The highest BCUT2D eigenvalue weighted by Crippen LogP contribution is 2.34. The first kappa shape index (κ1) is 19.9. The predicted molar refractivity (Wildman–Crippen MR) is 119 cm³/mol. The van der Waals surface area contributed by atoms with Crippen LogP contribution in [0.1, 0.15) is 53.6 Å². The maximum absolute atomic E-state index is 11.0. The van der Waals surface area contributed by atoms with E-state index in [-0.39, 0.29) is 0 Å². The van der Waals surface area contributed by atoms with Crippen molar-refractivity contribution in [2.24, 2.45) is 0 Å². The minimum atomic E-state index is -0.877. The third-order valence-electron chi connectivity index (χ3n) is 5.99. The van der Waals surface area contributed by atoms with Crippen LogP contribution in [0.25, 0.3) is 11.1 Å². The molecule has 1 aliphatic heterocycles. The number of hydrogen-bond donors (Lipinski definition) is 1. The number of carboxylic acids is 1. The molecule has 0 atom stereocenters. The molecule has 0 spiro atoms. The number of carboxylic acid groups (broad SMARTS) is 1. The van der Waals surface area contributed by atoms with Gasteiger partial charge in [0.1, 0.15) is 0 Å². The molecule has 0 unspecified atom stereocenters. The van der Waals surface area contributed by atoms with Gasteiger partial charge in [0.05, 0.1) is 5.56 Å². The molecule has 0 amide bonds. The minimum absolute atomic E-state index is 0.339. The van der Waals surface area contributed by atoms with Gasteiger partial charge in [0, 0.05) is 24.7 Å². The Kier molecular flexibility index (Phi) is 6.17. The Morgan fingerprint density at radius 3 is 2.28 bits per heavy atom. The van der Waals surface area contributed by atoms with Crippen molar-refractivity contribution in [2.75, 3.05) is 19.6 Å². The maximum Gasteiger partial charge on any atom is 0.335 e. The number of rotatable bonds is 5. The molecule has 4 heteroatoms. The molecule has 0 aromatic heterocycles. The lowest BCUT2D eigenvalue weighted by Crippen LogP contribution is -2.31. The van der Waals surface area contributed by atoms with Crippen molar-refractivity contribution in [2.45, 2.75) is 32.1 Å². The molecule has 0 saturated heterocycles. The zero-order valence-corrected chi connectivity index (χ0v) is 17.3. The summed E-state index contributed by atoms with van der Waals surface area (Å²) >= 11 is 6.07. The number of hydrogen-bond acceptors (Lipinski definition) is 2. The van der Waals surface area contributed by atoms with Crippen LogP contribution in [-0.2, 0) is 0 Å². The molecule has 0 saturated carbocycles. The second kappa shape index (κ2) is 8.98. The third kappa shape index (κ3) is 4.80. The molecule has 2 aliphatic rings. The summed E-state index contributed by atoms with van der Waals surface area (Å²) in [5, 5.41) is 9.85. The molecule has 3 nitrogen and oxygen atoms in total. The third-order valence-corrected chi connectivity index (χ3v) is 6.24. The van der Waals surface area contributed by atoms with Crippen molar-refractivity contribution in [1.82, 2.24) is 4.90 Å². The SMILES string of the molecule is O=C(O)c1ccc(C2=CCN(CC3=C(c4ccc(Cl)cc4)CCCC3)CC2)cc1. The summed E-state index contributed by atoms with van der Waals surface area (Å²) in [4.78, 5) is 13.6. The van der Waals surface area contributed by atoms with E-state index >= 15 is 0 Å². The normalized spacial score (nSPS) is 17.9. The highest BCUT2D eigenvalue weighted by Gasteiger charge is 2.19. The molecule has 2 aromatic carbocycles. The van der Waals surface area contributed by atoms with E-state index in [1.54, 1.807) is 17.7 Å². The van der Waals surface area contributed by atoms with Crippen molar-refractivity contribution >= 4 is 28.7 Å². The molecule has 0 bridgehead atoms. The van der Waals surface area contributed by atoms with Crippen molar-refractivity contribution in [3.63, 3.8) is 0 Å². The van der Waals surface area contributed by atoms with Crippen LogP contribution in [-0.4, -0.2) is 35.6 Å². The smallest absolute Gasteiger partial charge is 0.335 e. The number of halogens is 1. The summed E-state index contributed by atoms with van der Waals surface area (Å²) in [5.41, 5.74) is 7.18. The summed E-state index contributed by atoms with van der Waals surface area (Å²) in [6, 6.07) is 15.5. The standard InChI is InChI=1S/C25H26ClNO2/c26-23-11-9-20(10-12-23)24-4-2-1-3-22(24)17-27-15-13-19(14-16-27)18-5-7-21(8-6-18)25(28)29/h5-13H,1-4,14-17H2,(H,28,29). The number of carbonyl (C=O) groups is 1. The number of benzene rings is 2. The second-order valence-electron chi connectivity index (χ2n) is 7.89. The first-order chi connectivity index (χ1) is 14.1. The largest absolute Gasteiger partial charge is 0.478 e. The lowest BCUT2D eigenvalue weighted by molar-refractivity contribution is 0.0697. The van der Waals surface area contributed by atoms with Gasteiger partial charge in [-0.05, 0) is 78.6 Å². The summed E-state index contributed by atoms with van der Waals surface area (Å²) in [6.07, 6.45) is 8.17. The van der Waals surface area contributed by atoms with Gasteiger partial charge in [-0.2, -0.15) is 0 Å².